The molecule has 1 aromatic heterocycles. The molecule has 2 unspecified atom stereocenters. The predicted molar refractivity (Wildman–Crippen MR) is 103 cm³/mol. The van der Waals surface area contributed by atoms with Crippen LogP contribution in [0, 0.1) is 18.3 Å². The standard InChI is InChI=1S/C21H24F3N3O/c1-6-7-8-9-12(2)20(21(22,23)24)16-13(3)26-27-18(16)25-14-10-19(4,5)11-15(28)17(14)20/h6-9,17H,2,10-11H2,1,3-5H3,(H,26,27). The molecule has 2 heterocycles. The van der Waals surface area contributed by atoms with Gasteiger partial charge in [0.05, 0.1) is 5.92 Å². The van der Waals surface area contributed by atoms with Crippen LogP contribution in [-0.4, -0.2) is 27.9 Å². The van der Waals surface area contributed by atoms with E-state index in [9.17, 15) is 18.0 Å². The lowest BCUT2D eigenvalue weighted by molar-refractivity contribution is -0.190. The normalized spacial score (nSPS) is 27.0. The number of hydrogen-bond donors (Lipinski definition) is 1. The van der Waals surface area contributed by atoms with Gasteiger partial charge in [0.25, 0.3) is 0 Å². The fourth-order valence-electron chi connectivity index (χ4n) is 4.51. The van der Waals surface area contributed by atoms with Crippen LogP contribution in [0.25, 0.3) is 0 Å². The zero-order valence-electron chi connectivity index (χ0n) is 16.4. The molecule has 0 bridgehead atoms. The van der Waals surface area contributed by atoms with E-state index in [0.717, 1.165) is 0 Å². The van der Waals surface area contributed by atoms with Gasteiger partial charge in [0.2, 0.25) is 0 Å². The van der Waals surface area contributed by atoms with Gasteiger partial charge in [0.15, 0.2) is 5.82 Å². The number of ketones is 1. The molecule has 1 aliphatic heterocycles. The van der Waals surface area contributed by atoms with Crippen LogP contribution in [0.5, 0.6) is 0 Å². The summed E-state index contributed by atoms with van der Waals surface area (Å²) < 4.78 is 44.6. The quantitative estimate of drug-likeness (QED) is 0.711. The van der Waals surface area contributed by atoms with Crippen molar-refractivity contribution in [2.45, 2.75) is 52.1 Å². The van der Waals surface area contributed by atoms with Crippen LogP contribution in [0.2, 0.25) is 0 Å². The number of halogens is 3. The fourth-order valence-corrected chi connectivity index (χ4v) is 4.51. The van der Waals surface area contributed by atoms with Gasteiger partial charge in [-0.15, -0.1) is 0 Å². The molecule has 0 saturated heterocycles. The van der Waals surface area contributed by atoms with Crippen molar-refractivity contribution in [2.24, 2.45) is 16.3 Å². The van der Waals surface area contributed by atoms with E-state index in [-0.39, 0.29) is 34.8 Å². The van der Waals surface area contributed by atoms with Crippen LogP contribution >= 0.6 is 0 Å². The number of aliphatic imine (C=N–C) groups is 1. The Kier molecular flexibility index (Phi) is 4.76. The van der Waals surface area contributed by atoms with Crippen LogP contribution in [0.1, 0.15) is 44.9 Å². The van der Waals surface area contributed by atoms with Crippen molar-refractivity contribution in [2.75, 3.05) is 0 Å². The first-order valence-electron chi connectivity index (χ1n) is 9.17. The van der Waals surface area contributed by atoms with E-state index in [2.05, 4.69) is 21.8 Å². The van der Waals surface area contributed by atoms with Crippen molar-refractivity contribution >= 4 is 17.3 Å². The molecule has 3 rings (SSSR count). The van der Waals surface area contributed by atoms with Crippen LogP contribution in [0.3, 0.4) is 0 Å². The van der Waals surface area contributed by atoms with E-state index in [0.29, 0.717) is 6.42 Å². The second-order valence-corrected chi connectivity index (χ2v) is 8.28. The van der Waals surface area contributed by atoms with Gasteiger partial charge < -0.3 is 0 Å². The third-order valence-electron chi connectivity index (χ3n) is 5.53. The van der Waals surface area contributed by atoms with Gasteiger partial charge in [-0.2, -0.15) is 18.3 Å². The topological polar surface area (TPSA) is 58.1 Å². The minimum Gasteiger partial charge on any atom is -0.299 e. The molecule has 2 aliphatic rings. The van der Waals surface area contributed by atoms with E-state index in [4.69, 9.17) is 0 Å². The van der Waals surface area contributed by atoms with Gasteiger partial charge in [-0.05, 0) is 31.3 Å². The summed E-state index contributed by atoms with van der Waals surface area (Å²) in [5.74, 6) is -1.89. The summed E-state index contributed by atoms with van der Waals surface area (Å²) in [6, 6.07) is 0. The van der Waals surface area contributed by atoms with Crippen LogP contribution in [0.4, 0.5) is 19.0 Å². The molecular formula is C21H24F3N3O. The highest BCUT2D eigenvalue weighted by Crippen LogP contribution is 2.59. The Morgan fingerprint density at radius 1 is 1.29 bits per heavy atom. The molecule has 1 N–H and O–H groups in total. The second kappa shape index (κ2) is 6.57. The van der Waals surface area contributed by atoms with Gasteiger partial charge in [0, 0.05) is 23.4 Å². The molecule has 7 heteroatoms. The highest BCUT2D eigenvalue weighted by molar-refractivity contribution is 6.12. The first-order chi connectivity index (χ1) is 13.0. The van der Waals surface area contributed by atoms with Crippen LogP contribution in [-0.2, 0) is 10.2 Å². The lowest BCUT2D eigenvalue weighted by atomic mass is 9.55. The molecule has 28 heavy (non-hydrogen) atoms. The Balaban J connectivity index is 2.35. The van der Waals surface area contributed by atoms with Crippen molar-refractivity contribution in [1.82, 2.24) is 10.2 Å². The van der Waals surface area contributed by atoms with Crippen molar-refractivity contribution in [3.8, 4) is 0 Å². The van der Waals surface area contributed by atoms with E-state index in [1.807, 2.05) is 13.8 Å². The zero-order chi connectivity index (χ0) is 20.9. The molecule has 0 radical (unpaired) electrons. The molecule has 1 fully saturated rings. The van der Waals surface area contributed by atoms with Crippen molar-refractivity contribution in [1.29, 1.82) is 0 Å². The molecule has 1 aliphatic carbocycles. The van der Waals surface area contributed by atoms with Gasteiger partial charge in [0.1, 0.15) is 11.2 Å². The van der Waals surface area contributed by atoms with Gasteiger partial charge in [-0.25, -0.2) is 4.99 Å². The molecule has 0 amide bonds. The summed E-state index contributed by atoms with van der Waals surface area (Å²) in [4.78, 5) is 17.5. The number of aromatic amines is 1. The Hall–Kier alpha value is -2.44. The number of fused-ring (bicyclic) bond motifs is 2. The predicted octanol–water partition coefficient (Wildman–Crippen LogP) is 5.30. The van der Waals surface area contributed by atoms with E-state index in [1.54, 1.807) is 19.1 Å². The monoisotopic (exact) mass is 391 g/mol. The first kappa shape index (κ1) is 20.3. The number of allylic oxidation sites excluding steroid dienone is 5. The average Bonchev–Trinajstić information content (AvgIpc) is 2.91. The highest BCUT2D eigenvalue weighted by Gasteiger charge is 2.68. The summed E-state index contributed by atoms with van der Waals surface area (Å²) in [6.07, 6.45) is 1.79. The SMILES string of the molecule is C=C(C=CC=CC)C1(C(F)(F)F)c2c(n[nH]c2C)N=C2CC(C)(C)CC(=O)C21. The molecule has 150 valence electrons. The number of nitrogens with one attached hydrogen (secondary N) is 1. The summed E-state index contributed by atoms with van der Waals surface area (Å²) in [5, 5.41) is 6.63. The van der Waals surface area contributed by atoms with Gasteiger partial charge in [-0.3, -0.25) is 9.89 Å². The Morgan fingerprint density at radius 2 is 1.96 bits per heavy atom. The zero-order valence-corrected chi connectivity index (χ0v) is 16.4. The van der Waals surface area contributed by atoms with Gasteiger partial charge in [-0.1, -0.05) is 44.7 Å². The molecule has 2 atom stereocenters. The highest BCUT2D eigenvalue weighted by atomic mass is 19.4. The molecular weight excluding hydrogens is 367 g/mol. The Labute approximate surface area is 162 Å². The number of rotatable bonds is 3. The smallest absolute Gasteiger partial charge is 0.299 e. The van der Waals surface area contributed by atoms with Gasteiger partial charge >= 0.3 is 6.18 Å². The van der Waals surface area contributed by atoms with Crippen LogP contribution < -0.4 is 0 Å². The number of carbonyl (C=O) groups excluding carboxylic acids is 1. The maximum atomic E-state index is 14.9. The van der Waals surface area contributed by atoms with Crippen molar-refractivity contribution < 1.29 is 18.0 Å². The lowest BCUT2D eigenvalue weighted by Crippen LogP contribution is -2.59. The molecule has 1 aromatic rings. The average molecular weight is 391 g/mol. The number of carbonyl (C=O) groups is 1. The summed E-state index contributed by atoms with van der Waals surface area (Å²) in [5.41, 5.74) is -2.84. The second-order valence-electron chi connectivity index (χ2n) is 8.28. The molecule has 0 spiro atoms. The number of aryl methyl sites for hydroxylation is 1. The maximum Gasteiger partial charge on any atom is 0.403 e. The first-order valence-corrected chi connectivity index (χ1v) is 9.17. The van der Waals surface area contributed by atoms with Crippen molar-refractivity contribution in [3.05, 3.63) is 47.7 Å². The number of nitrogens with zero attached hydrogens (tertiary/aromatic N) is 2. The number of Topliss-reactive ketones (excluding diaryl/α,β-unsaturated/α-hetero) is 1. The summed E-state index contributed by atoms with van der Waals surface area (Å²) >= 11 is 0. The minimum absolute atomic E-state index is 0.00726. The summed E-state index contributed by atoms with van der Waals surface area (Å²) in [6.45, 7) is 10.8. The number of hydrogen-bond acceptors (Lipinski definition) is 3. The largest absolute Gasteiger partial charge is 0.403 e. The molecule has 1 saturated carbocycles. The van der Waals surface area contributed by atoms with Crippen molar-refractivity contribution in [3.63, 3.8) is 0 Å². The third-order valence-corrected chi connectivity index (χ3v) is 5.53. The van der Waals surface area contributed by atoms with E-state index < -0.39 is 28.7 Å². The lowest BCUT2D eigenvalue weighted by Gasteiger charge is -2.48. The van der Waals surface area contributed by atoms with E-state index >= 15 is 0 Å². The number of aromatic nitrogens is 2. The number of H-pyrrole nitrogens is 1. The molecule has 0 aromatic carbocycles. The van der Waals surface area contributed by atoms with E-state index in [1.165, 1.54) is 19.1 Å². The third kappa shape index (κ3) is 2.88. The Morgan fingerprint density at radius 3 is 2.57 bits per heavy atom. The minimum atomic E-state index is -4.75. The molecule has 4 nitrogen and oxygen atoms in total. The Bertz CT molecular complexity index is 918. The number of alkyl halides is 3. The summed E-state index contributed by atoms with van der Waals surface area (Å²) in [7, 11) is 0. The maximum absolute atomic E-state index is 14.9. The van der Waals surface area contributed by atoms with Crippen LogP contribution in [0.15, 0.2) is 41.4 Å². The fraction of sp³-hybridized carbons (Fsp3) is 0.476.